The molecule has 0 heterocycles. The van der Waals surface area contributed by atoms with E-state index in [0.29, 0.717) is 25.4 Å². The van der Waals surface area contributed by atoms with Crippen molar-refractivity contribution in [1.29, 1.82) is 0 Å². The van der Waals surface area contributed by atoms with Crippen molar-refractivity contribution in [3.8, 4) is 5.75 Å². The molecule has 1 aromatic rings. The standard InChI is InChI=1S/C20H28F2O2/c1-3-4-5-6-16-7-11-18(12-8-16)20(21,22)24-19-13-9-17(10-14-19)15-23-2/h3,9-10,13-14,16,18H,1,4-8,11-12,15H2,2H3/t16-,18-. The van der Waals surface area contributed by atoms with Gasteiger partial charge in [-0.1, -0.05) is 24.6 Å². The molecule has 1 aromatic carbocycles. The Morgan fingerprint density at radius 3 is 2.42 bits per heavy atom. The predicted octanol–water partition coefficient (Wildman–Crippen LogP) is 5.97. The zero-order chi connectivity index (χ0) is 17.4. The number of allylic oxidation sites excluding steroid dienone is 1. The third-order valence-electron chi connectivity index (χ3n) is 4.83. The van der Waals surface area contributed by atoms with Crippen LogP contribution in [0.3, 0.4) is 0 Å². The van der Waals surface area contributed by atoms with E-state index >= 15 is 0 Å². The molecular weight excluding hydrogens is 310 g/mol. The van der Waals surface area contributed by atoms with Gasteiger partial charge in [0.25, 0.3) is 0 Å². The molecule has 1 saturated carbocycles. The molecule has 0 saturated heterocycles. The molecule has 2 rings (SSSR count). The number of methoxy groups -OCH3 is 1. The molecule has 1 aliphatic rings. The van der Waals surface area contributed by atoms with Gasteiger partial charge in [-0.3, -0.25) is 0 Å². The van der Waals surface area contributed by atoms with E-state index in [2.05, 4.69) is 6.58 Å². The fraction of sp³-hybridized carbons (Fsp3) is 0.600. The van der Waals surface area contributed by atoms with Gasteiger partial charge >= 0.3 is 6.11 Å². The SMILES string of the molecule is C=CCCC[C@H]1CC[C@H](C(F)(F)Oc2ccc(COC)cc2)CC1. The van der Waals surface area contributed by atoms with Gasteiger partial charge in [-0.2, -0.15) is 8.78 Å². The summed E-state index contributed by atoms with van der Waals surface area (Å²) in [5.41, 5.74) is 0.938. The minimum atomic E-state index is -3.10. The molecule has 0 radical (unpaired) electrons. The molecule has 0 atom stereocenters. The van der Waals surface area contributed by atoms with Gasteiger partial charge < -0.3 is 9.47 Å². The van der Waals surface area contributed by atoms with Crippen molar-refractivity contribution in [2.75, 3.05) is 7.11 Å². The van der Waals surface area contributed by atoms with E-state index in [1.807, 2.05) is 6.08 Å². The van der Waals surface area contributed by atoms with Gasteiger partial charge in [0.2, 0.25) is 0 Å². The smallest absolute Gasteiger partial charge is 0.400 e. The van der Waals surface area contributed by atoms with Crippen LogP contribution in [0.4, 0.5) is 8.78 Å². The molecule has 0 bridgehead atoms. The van der Waals surface area contributed by atoms with E-state index in [1.165, 1.54) is 0 Å². The third-order valence-corrected chi connectivity index (χ3v) is 4.83. The van der Waals surface area contributed by atoms with Crippen LogP contribution in [0.25, 0.3) is 0 Å². The van der Waals surface area contributed by atoms with Crippen LogP contribution in [0.2, 0.25) is 0 Å². The number of unbranched alkanes of at least 4 members (excludes halogenated alkanes) is 1. The highest BCUT2D eigenvalue weighted by Gasteiger charge is 2.43. The van der Waals surface area contributed by atoms with Crippen molar-refractivity contribution in [1.82, 2.24) is 0 Å². The van der Waals surface area contributed by atoms with E-state index < -0.39 is 12.0 Å². The molecule has 1 fully saturated rings. The van der Waals surface area contributed by atoms with Gasteiger partial charge in [0.1, 0.15) is 5.75 Å². The zero-order valence-electron chi connectivity index (χ0n) is 14.5. The fourth-order valence-corrected chi connectivity index (χ4v) is 3.40. The zero-order valence-corrected chi connectivity index (χ0v) is 14.5. The lowest BCUT2D eigenvalue weighted by atomic mass is 9.79. The lowest BCUT2D eigenvalue weighted by molar-refractivity contribution is -0.223. The van der Waals surface area contributed by atoms with E-state index in [-0.39, 0.29) is 5.75 Å². The second-order valence-electron chi connectivity index (χ2n) is 6.68. The summed E-state index contributed by atoms with van der Waals surface area (Å²) in [4.78, 5) is 0. The molecule has 2 nitrogen and oxygen atoms in total. The maximum absolute atomic E-state index is 14.4. The molecule has 0 N–H and O–H groups in total. The number of hydrogen-bond acceptors (Lipinski definition) is 2. The largest absolute Gasteiger partial charge is 0.432 e. The number of benzene rings is 1. The molecular formula is C20H28F2O2. The summed E-state index contributed by atoms with van der Waals surface area (Å²) in [6, 6.07) is 6.68. The summed E-state index contributed by atoms with van der Waals surface area (Å²) in [5.74, 6) is 0.102. The Morgan fingerprint density at radius 2 is 1.83 bits per heavy atom. The second-order valence-corrected chi connectivity index (χ2v) is 6.68. The first-order valence-electron chi connectivity index (χ1n) is 8.80. The number of halogens is 2. The summed E-state index contributed by atoms with van der Waals surface area (Å²) >= 11 is 0. The van der Waals surface area contributed by atoms with Gasteiger partial charge in [0, 0.05) is 7.11 Å². The molecule has 0 aliphatic heterocycles. The number of ether oxygens (including phenoxy) is 2. The highest BCUT2D eigenvalue weighted by atomic mass is 19.3. The quantitative estimate of drug-likeness (QED) is 0.408. The Balaban J connectivity index is 1.83. The van der Waals surface area contributed by atoms with Crippen LogP contribution >= 0.6 is 0 Å². The van der Waals surface area contributed by atoms with Gasteiger partial charge in [-0.15, -0.1) is 6.58 Å². The average Bonchev–Trinajstić information content (AvgIpc) is 2.57. The first-order valence-corrected chi connectivity index (χ1v) is 8.80. The van der Waals surface area contributed by atoms with Crippen molar-refractivity contribution >= 4 is 0 Å². The van der Waals surface area contributed by atoms with Crippen LogP contribution in [0.1, 0.15) is 50.5 Å². The minimum Gasteiger partial charge on any atom is -0.432 e. The fourth-order valence-electron chi connectivity index (χ4n) is 3.40. The average molecular weight is 338 g/mol. The van der Waals surface area contributed by atoms with Gasteiger partial charge in [0.15, 0.2) is 0 Å². The maximum Gasteiger partial charge on any atom is 0.400 e. The first kappa shape index (κ1) is 18.9. The Bertz CT molecular complexity index is 491. The lowest BCUT2D eigenvalue weighted by Crippen LogP contribution is -2.37. The Morgan fingerprint density at radius 1 is 1.17 bits per heavy atom. The third kappa shape index (κ3) is 5.59. The monoisotopic (exact) mass is 338 g/mol. The van der Waals surface area contributed by atoms with Crippen molar-refractivity contribution in [3.05, 3.63) is 42.5 Å². The number of alkyl halides is 2. The van der Waals surface area contributed by atoms with Crippen molar-refractivity contribution in [2.45, 2.75) is 57.7 Å². The summed E-state index contributed by atoms with van der Waals surface area (Å²) < 4.78 is 38.9. The van der Waals surface area contributed by atoms with E-state index in [9.17, 15) is 8.78 Å². The minimum absolute atomic E-state index is 0.216. The number of rotatable bonds is 9. The molecule has 0 unspecified atom stereocenters. The van der Waals surface area contributed by atoms with Gasteiger partial charge in [0.05, 0.1) is 12.5 Å². The Hall–Kier alpha value is -1.42. The van der Waals surface area contributed by atoms with E-state index in [1.54, 1.807) is 31.4 Å². The molecule has 0 aromatic heterocycles. The lowest BCUT2D eigenvalue weighted by Gasteiger charge is -2.33. The topological polar surface area (TPSA) is 18.5 Å². The Kier molecular flexibility index (Phi) is 7.22. The van der Waals surface area contributed by atoms with Crippen molar-refractivity contribution in [3.63, 3.8) is 0 Å². The van der Waals surface area contributed by atoms with Crippen molar-refractivity contribution in [2.24, 2.45) is 11.8 Å². The van der Waals surface area contributed by atoms with E-state index in [0.717, 1.165) is 37.7 Å². The summed E-state index contributed by atoms with van der Waals surface area (Å²) in [6.07, 6.45) is 4.87. The predicted molar refractivity (Wildman–Crippen MR) is 92.2 cm³/mol. The van der Waals surface area contributed by atoms with Crippen LogP contribution in [-0.4, -0.2) is 13.2 Å². The normalized spacial score (nSPS) is 21.5. The second kappa shape index (κ2) is 9.16. The molecule has 24 heavy (non-hydrogen) atoms. The summed E-state index contributed by atoms with van der Waals surface area (Å²) in [5, 5.41) is 0. The molecule has 0 amide bonds. The highest BCUT2D eigenvalue weighted by molar-refractivity contribution is 5.27. The summed E-state index contributed by atoms with van der Waals surface area (Å²) in [6.45, 7) is 4.19. The first-order chi connectivity index (χ1) is 11.5. The van der Waals surface area contributed by atoms with Crippen LogP contribution in [0.15, 0.2) is 36.9 Å². The molecule has 134 valence electrons. The number of hydrogen-bond donors (Lipinski definition) is 0. The van der Waals surface area contributed by atoms with Crippen LogP contribution in [0.5, 0.6) is 5.75 Å². The molecule has 0 spiro atoms. The maximum atomic E-state index is 14.4. The van der Waals surface area contributed by atoms with Crippen molar-refractivity contribution < 1.29 is 18.3 Å². The Labute approximate surface area is 143 Å². The van der Waals surface area contributed by atoms with Crippen LogP contribution in [-0.2, 0) is 11.3 Å². The van der Waals surface area contributed by atoms with Crippen LogP contribution in [0, 0.1) is 11.8 Å². The van der Waals surface area contributed by atoms with Crippen LogP contribution < -0.4 is 4.74 Å². The highest BCUT2D eigenvalue weighted by Crippen LogP contribution is 2.41. The molecule has 4 heteroatoms. The van der Waals surface area contributed by atoms with Gasteiger partial charge in [-0.25, -0.2) is 0 Å². The summed E-state index contributed by atoms with van der Waals surface area (Å²) in [7, 11) is 1.60. The van der Waals surface area contributed by atoms with E-state index in [4.69, 9.17) is 9.47 Å². The molecule has 1 aliphatic carbocycles. The van der Waals surface area contributed by atoms with Gasteiger partial charge in [-0.05, 0) is 62.1 Å².